The van der Waals surface area contributed by atoms with Crippen molar-refractivity contribution in [3.05, 3.63) is 76.3 Å². The molecule has 0 bridgehead atoms. The second-order valence-corrected chi connectivity index (χ2v) is 7.80. The monoisotopic (exact) mass is 435 g/mol. The number of hydrogen-bond acceptors (Lipinski definition) is 6. The van der Waals surface area contributed by atoms with Crippen LogP contribution in [0.2, 0.25) is 0 Å². The van der Waals surface area contributed by atoms with Gasteiger partial charge in [-0.25, -0.2) is 4.79 Å². The molecule has 1 N–H and O–H groups in total. The molecule has 0 spiro atoms. The standard InChI is InChI=1S/C23H21N3O4S/c1-3-30-23(29)16-11-9-15(10-12-16)13-19-21(28)26(17-7-5-4-6-8-17)22(31-19)18(14-24)20(27)25-2/h4-12,19H,3,13H2,1-2H3,(H,25,27)/b22-18-/t19-/m0/s1. The number of esters is 1. The van der Waals surface area contributed by atoms with Crippen LogP contribution in [0.15, 0.2) is 65.2 Å². The second-order valence-electron chi connectivity index (χ2n) is 6.61. The SMILES string of the molecule is CCOC(=O)c1ccc(C[C@@H]2S/C(=C(/C#N)C(=O)NC)N(c3ccccc3)C2=O)cc1. The minimum atomic E-state index is -0.543. The highest BCUT2D eigenvalue weighted by atomic mass is 32.2. The van der Waals surface area contributed by atoms with Crippen LogP contribution in [0.5, 0.6) is 0 Å². The highest BCUT2D eigenvalue weighted by Crippen LogP contribution is 2.41. The van der Waals surface area contributed by atoms with Gasteiger partial charge in [0.2, 0.25) is 5.91 Å². The molecule has 1 atom stereocenters. The number of anilines is 1. The molecule has 1 aliphatic rings. The third-order valence-corrected chi connectivity index (χ3v) is 5.90. The van der Waals surface area contributed by atoms with Crippen molar-refractivity contribution in [3.63, 3.8) is 0 Å². The van der Waals surface area contributed by atoms with Crippen LogP contribution in [0, 0.1) is 11.3 Å². The summed E-state index contributed by atoms with van der Waals surface area (Å²) in [6, 6.07) is 17.7. The Balaban J connectivity index is 1.92. The Labute approximate surface area is 184 Å². The van der Waals surface area contributed by atoms with Crippen LogP contribution in [0.1, 0.15) is 22.8 Å². The zero-order chi connectivity index (χ0) is 22.4. The molecule has 2 aromatic carbocycles. The number of hydrogen-bond donors (Lipinski definition) is 1. The number of rotatable bonds is 6. The summed E-state index contributed by atoms with van der Waals surface area (Å²) in [5.74, 6) is -1.15. The minimum Gasteiger partial charge on any atom is -0.462 e. The molecule has 2 aromatic rings. The summed E-state index contributed by atoms with van der Waals surface area (Å²) in [5, 5.41) is 11.8. The highest BCUT2D eigenvalue weighted by Gasteiger charge is 2.40. The molecular formula is C23H21N3O4S. The molecular weight excluding hydrogens is 414 g/mol. The van der Waals surface area contributed by atoms with Crippen molar-refractivity contribution >= 4 is 35.2 Å². The number of nitrogens with one attached hydrogen (secondary N) is 1. The Kier molecular flexibility index (Phi) is 7.11. The van der Waals surface area contributed by atoms with Gasteiger partial charge in [-0.2, -0.15) is 5.26 Å². The molecule has 158 valence electrons. The maximum atomic E-state index is 13.3. The van der Waals surface area contributed by atoms with Crippen LogP contribution >= 0.6 is 11.8 Å². The van der Waals surface area contributed by atoms with Crippen LogP contribution in [0.3, 0.4) is 0 Å². The maximum Gasteiger partial charge on any atom is 0.338 e. The first kappa shape index (κ1) is 22.1. The number of amides is 2. The van der Waals surface area contributed by atoms with E-state index in [1.165, 1.54) is 23.7 Å². The van der Waals surface area contributed by atoms with Crippen LogP contribution in [-0.4, -0.2) is 36.7 Å². The van der Waals surface area contributed by atoms with Gasteiger partial charge >= 0.3 is 5.97 Å². The fourth-order valence-corrected chi connectivity index (χ4v) is 4.44. The van der Waals surface area contributed by atoms with E-state index in [0.29, 0.717) is 29.3 Å². The largest absolute Gasteiger partial charge is 0.462 e. The lowest BCUT2D eigenvalue weighted by Gasteiger charge is -2.18. The van der Waals surface area contributed by atoms with E-state index in [0.717, 1.165) is 5.56 Å². The summed E-state index contributed by atoms with van der Waals surface area (Å²) in [5.41, 5.74) is 1.78. The van der Waals surface area contributed by atoms with Crippen molar-refractivity contribution in [1.29, 1.82) is 5.26 Å². The molecule has 0 saturated carbocycles. The lowest BCUT2D eigenvalue weighted by atomic mass is 10.1. The molecule has 7 nitrogen and oxygen atoms in total. The van der Waals surface area contributed by atoms with Crippen molar-refractivity contribution in [3.8, 4) is 6.07 Å². The molecule has 3 rings (SSSR count). The third kappa shape index (κ3) is 4.78. The van der Waals surface area contributed by atoms with Gasteiger partial charge in [0.1, 0.15) is 16.7 Å². The average molecular weight is 436 g/mol. The van der Waals surface area contributed by atoms with Gasteiger partial charge in [0.15, 0.2) is 0 Å². The van der Waals surface area contributed by atoms with Crippen molar-refractivity contribution < 1.29 is 19.1 Å². The third-order valence-electron chi connectivity index (χ3n) is 4.63. The topological polar surface area (TPSA) is 99.5 Å². The van der Waals surface area contributed by atoms with Crippen LogP contribution in [-0.2, 0) is 20.7 Å². The van der Waals surface area contributed by atoms with E-state index in [4.69, 9.17) is 4.74 Å². The van der Waals surface area contributed by atoms with Crippen LogP contribution < -0.4 is 10.2 Å². The van der Waals surface area contributed by atoms with Gasteiger partial charge in [-0.05, 0) is 43.2 Å². The van der Waals surface area contributed by atoms with Gasteiger partial charge in [-0.3, -0.25) is 14.5 Å². The second kappa shape index (κ2) is 9.96. The van der Waals surface area contributed by atoms with Gasteiger partial charge in [0.25, 0.3) is 5.91 Å². The Hall–Kier alpha value is -3.57. The van der Waals surface area contributed by atoms with Gasteiger partial charge in [0, 0.05) is 12.7 Å². The molecule has 1 heterocycles. The molecule has 1 fully saturated rings. The zero-order valence-electron chi connectivity index (χ0n) is 17.1. The summed E-state index contributed by atoms with van der Waals surface area (Å²) >= 11 is 1.19. The van der Waals surface area contributed by atoms with E-state index in [-0.39, 0.29) is 11.5 Å². The predicted octanol–water partition coefficient (Wildman–Crippen LogP) is 3.04. The Morgan fingerprint density at radius 2 is 1.84 bits per heavy atom. The van der Waals surface area contributed by atoms with Crippen LogP contribution in [0.25, 0.3) is 0 Å². The Morgan fingerprint density at radius 3 is 2.42 bits per heavy atom. The average Bonchev–Trinajstić information content (AvgIpc) is 3.10. The fourth-order valence-electron chi connectivity index (χ4n) is 3.13. The first-order valence-corrected chi connectivity index (χ1v) is 10.6. The van der Waals surface area contributed by atoms with Gasteiger partial charge in [-0.15, -0.1) is 0 Å². The smallest absolute Gasteiger partial charge is 0.338 e. The van der Waals surface area contributed by atoms with Gasteiger partial charge < -0.3 is 10.1 Å². The number of carbonyl (C=O) groups excluding carboxylic acids is 3. The number of nitrogens with zero attached hydrogens (tertiary/aromatic N) is 2. The quantitative estimate of drug-likeness (QED) is 0.425. The van der Waals surface area contributed by atoms with E-state index in [1.54, 1.807) is 55.5 Å². The molecule has 0 unspecified atom stereocenters. The van der Waals surface area contributed by atoms with Crippen LogP contribution in [0.4, 0.5) is 5.69 Å². The maximum absolute atomic E-state index is 13.3. The molecule has 0 radical (unpaired) electrons. The minimum absolute atomic E-state index is 0.107. The van der Waals surface area contributed by atoms with E-state index in [9.17, 15) is 19.6 Å². The summed E-state index contributed by atoms with van der Waals surface area (Å²) in [6.45, 7) is 2.04. The van der Waals surface area contributed by atoms with Crippen molar-refractivity contribution in [1.82, 2.24) is 5.32 Å². The van der Waals surface area contributed by atoms with Gasteiger partial charge in [0.05, 0.1) is 17.4 Å². The fraction of sp³-hybridized carbons (Fsp3) is 0.217. The number of carbonyl (C=O) groups is 3. The van der Waals surface area contributed by atoms with E-state index in [1.807, 2.05) is 12.1 Å². The molecule has 0 aliphatic carbocycles. The molecule has 1 saturated heterocycles. The lowest BCUT2D eigenvalue weighted by Crippen LogP contribution is -2.31. The molecule has 31 heavy (non-hydrogen) atoms. The predicted molar refractivity (Wildman–Crippen MR) is 118 cm³/mol. The number of ether oxygens (including phenoxy) is 1. The van der Waals surface area contributed by atoms with E-state index >= 15 is 0 Å². The number of thioether (sulfide) groups is 1. The Morgan fingerprint density at radius 1 is 1.16 bits per heavy atom. The molecule has 1 aliphatic heterocycles. The summed E-state index contributed by atoms with van der Waals surface area (Å²) < 4.78 is 4.99. The normalized spacial score (nSPS) is 17.1. The molecule has 2 amide bonds. The lowest BCUT2D eigenvalue weighted by molar-refractivity contribution is -0.117. The van der Waals surface area contributed by atoms with Crippen molar-refractivity contribution in [2.75, 3.05) is 18.6 Å². The van der Waals surface area contributed by atoms with E-state index in [2.05, 4.69) is 5.32 Å². The number of benzene rings is 2. The molecule has 0 aromatic heterocycles. The summed E-state index contributed by atoms with van der Waals surface area (Å²) in [4.78, 5) is 38.8. The summed E-state index contributed by atoms with van der Waals surface area (Å²) in [7, 11) is 1.44. The Bertz CT molecular complexity index is 1060. The van der Waals surface area contributed by atoms with Crippen molar-refractivity contribution in [2.24, 2.45) is 0 Å². The van der Waals surface area contributed by atoms with Crippen molar-refractivity contribution in [2.45, 2.75) is 18.6 Å². The first-order chi connectivity index (χ1) is 15.0. The van der Waals surface area contributed by atoms with Gasteiger partial charge in [-0.1, -0.05) is 42.1 Å². The number of likely N-dealkylation sites (N-methyl/N-ethyl adjacent to an activating group) is 1. The summed E-state index contributed by atoms with van der Waals surface area (Å²) in [6.07, 6.45) is 0.381. The molecule has 8 heteroatoms. The number of para-hydroxylation sites is 1. The number of nitriles is 1. The first-order valence-electron chi connectivity index (χ1n) is 9.68. The van der Waals surface area contributed by atoms with E-state index < -0.39 is 17.1 Å². The zero-order valence-corrected chi connectivity index (χ0v) is 17.9. The highest BCUT2D eigenvalue weighted by molar-refractivity contribution is 8.05.